The number of hydrogen-bond acceptors (Lipinski definition) is 4. The molecule has 2 aromatic rings. The highest BCUT2D eigenvalue weighted by atomic mass is 79.9. The van der Waals surface area contributed by atoms with Gasteiger partial charge in [-0.1, -0.05) is 46.8 Å². The third-order valence-corrected chi connectivity index (χ3v) is 9.97. The fourth-order valence-electron chi connectivity index (χ4n) is 7.23. The lowest BCUT2D eigenvalue weighted by atomic mass is 9.55. The van der Waals surface area contributed by atoms with E-state index in [-0.39, 0.29) is 23.7 Å². The second-order valence-electron chi connectivity index (χ2n) is 11.7. The standard InChI is InChI=1S/C33H34BrNO3/c1-32-19-28(22-6-10-25(11-7-22)35(2)3)30-27-13-12-26(36)18-23(27)20-38-31(30)29(32)15-17-33(32,37)16-14-21-4-8-24(34)9-5-21/h4-11,18,28-29,31,37H,12-13,15,17,19-20H2,1-3H3/t28-,29?,31?,32+,33+/m1/s1. The summed E-state index contributed by atoms with van der Waals surface area (Å²) < 4.78 is 7.62. The molecule has 2 fully saturated rings. The van der Waals surface area contributed by atoms with Crippen LogP contribution in [0.4, 0.5) is 5.69 Å². The summed E-state index contributed by atoms with van der Waals surface area (Å²) in [5.74, 6) is 7.09. The average Bonchev–Trinajstić information content (AvgIpc) is 3.18. The maximum Gasteiger partial charge on any atom is 0.156 e. The first-order valence-corrected chi connectivity index (χ1v) is 14.3. The number of ether oxygens (including phenoxy) is 1. The molecule has 2 saturated carbocycles. The third kappa shape index (κ3) is 4.18. The minimum atomic E-state index is -1.11. The van der Waals surface area contributed by atoms with E-state index in [1.807, 2.05) is 24.3 Å². The minimum Gasteiger partial charge on any atom is -0.378 e. The lowest BCUT2D eigenvalue weighted by Gasteiger charge is -2.53. The van der Waals surface area contributed by atoms with Gasteiger partial charge in [-0.05, 0) is 96.4 Å². The van der Waals surface area contributed by atoms with Crippen molar-refractivity contribution < 1.29 is 14.6 Å². The fraction of sp³-hybridized carbons (Fsp3) is 0.424. The quantitative estimate of drug-likeness (QED) is 0.437. The Hall–Kier alpha value is -2.65. The molecule has 196 valence electrons. The van der Waals surface area contributed by atoms with Crippen LogP contribution in [0.2, 0.25) is 0 Å². The fourth-order valence-corrected chi connectivity index (χ4v) is 7.50. The third-order valence-electron chi connectivity index (χ3n) is 9.44. The molecule has 0 amide bonds. The Kier molecular flexibility index (Phi) is 6.42. The summed E-state index contributed by atoms with van der Waals surface area (Å²) in [6.45, 7) is 2.69. The van der Waals surface area contributed by atoms with Crippen LogP contribution < -0.4 is 4.90 Å². The highest BCUT2D eigenvalue weighted by Gasteiger charge is 2.63. The lowest BCUT2D eigenvalue weighted by molar-refractivity contribution is -0.115. The Morgan fingerprint density at radius 3 is 2.53 bits per heavy atom. The molecule has 5 atom stereocenters. The van der Waals surface area contributed by atoms with Gasteiger partial charge in [0.15, 0.2) is 5.78 Å². The summed E-state index contributed by atoms with van der Waals surface area (Å²) in [6, 6.07) is 16.7. The van der Waals surface area contributed by atoms with Gasteiger partial charge in [-0.3, -0.25) is 4.79 Å². The summed E-state index contributed by atoms with van der Waals surface area (Å²) >= 11 is 3.49. The van der Waals surface area contributed by atoms with Crippen LogP contribution in [0, 0.1) is 23.2 Å². The number of ketones is 1. The number of allylic oxidation sites excluding steroid dienone is 1. The second kappa shape index (κ2) is 9.52. The number of anilines is 1. The molecule has 4 nitrogen and oxygen atoms in total. The molecule has 4 aliphatic rings. The van der Waals surface area contributed by atoms with Gasteiger partial charge in [0.05, 0.1) is 12.7 Å². The molecule has 2 aromatic carbocycles. The van der Waals surface area contributed by atoms with Gasteiger partial charge in [-0.15, -0.1) is 0 Å². The number of benzene rings is 2. The van der Waals surface area contributed by atoms with Gasteiger partial charge in [0.2, 0.25) is 0 Å². The number of hydrogen-bond donors (Lipinski definition) is 1. The first-order chi connectivity index (χ1) is 18.2. The molecule has 5 heteroatoms. The predicted molar refractivity (Wildman–Crippen MR) is 154 cm³/mol. The van der Waals surface area contributed by atoms with E-state index in [1.165, 1.54) is 16.7 Å². The van der Waals surface area contributed by atoms with Crippen molar-refractivity contribution >= 4 is 27.4 Å². The first-order valence-electron chi connectivity index (χ1n) is 13.6. The molecule has 6 rings (SSSR count). The summed E-state index contributed by atoms with van der Waals surface area (Å²) in [6.07, 6.45) is 5.37. The normalized spacial score (nSPS) is 32.0. The monoisotopic (exact) mass is 571 g/mol. The van der Waals surface area contributed by atoms with Crippen molar-refractivity contribution in [2.24, 2.45) is 11.3 Å². The SMILES string of the molecule is CN(C)c1ccc([C@H]2C[C@@]3(C)C(CC[C@@]3(O)C#Cc3ccc(Br)cc3)C3OCC4=CC(=O)CCC4=C32)cc1. The van der Waals surface area contributed by atoms with E-state index in [9.17, 15) is 9.90 Å². The summed E-state index contributed by atoms with van der Waals surface area (Å²) in [5.41, 5.74) is 5.46. The van der Waals surface area contributed by atoms with Crippen LogP contribution in [0.1, 0.15) is 56.1 Å². The Labute approximate surface area is 233 Å². The Balaban J connectivity index is 1.45. The predicted octanol–water partition coefficient (Wildman–Crippen LogP) is 6.19. The number of nitrogens with zero attached hydrogens (tertiary/aromatic N) is 1. The van der Waals surface area contributed by atoms with E-state index >= 15 is 0 Å². The molecule has 38 heavy (non-hydrogen) atoms. The molecular formula is C33H34BrNO3. The second-order valence-corrected chi connectivity index (χ2v) is 12.6. The van der Waals surface area contributed by atoms with Crippen LogP contribution in [-0.2, 0) is 9.53 Å². The van der Waals surface area contributed by atoms with Crippen molar-refractivity contribution in [2.45, 2.75) is 56.7 Å². The number of carbonyl (C=O) groups is 1. The molecule has 0 aromatic heterocycles. The van der Waals surface area contributed by atoms with Gasteiger partial charge in [0.1, 0.15) is 5.60 Å². The zero-order valence-electron chi connectivity index (χ0n) is 22.3. The Bertz CT molecular complexity index is 1390. The van der Waals surface area contributed by atoms with Crippen molar-refractivity contribution in [3.8, 4) is 11.8 Å². The molecule has 1 heterocycles. The number of aliphatic hydroxyl groups is 1. The van der Waals surface area contributed by atoms with Crippen LogP contribution in [-0.4, -0.2) is 43.3 Å². The van der Waals surface area contributed by atoms with Crippen LogP contribution in [0.3, 0.4) is 0 Å². The number of fused-ring (bicyclic) bond motifs is 4. The van der Waals surface area contributed by atoms with E-state index in [0.717, 1.165) is 40.6 Å². The van der Waals surface area contributed by atoms with Crippen molar-refractivity contribution in [2.75, 3.05) is 25.6 Å². The number of carbonyl (C=O) groups excluding carboxylic acids is 1. The molecule has 1 aliphatic heterocycles. The molecular weight excluding hydrogens is 538 g/mol. The highest BCUT2D eigenvalue weighted by molar-refractivity contribution is 9.10. The Morgan fingerprint density at radius 2 is 1.82 bits per heavy atom. The summed E-state index contributed by atoms with van der Waals surface area (Å²) in [4.78, 5) is 14.4. The van der Waals surface area contributed by atoms with E-state index in [0.29, 0.717) is 19.4 Å². The van der Waals surface area contributed by atoms with Crippen LogP contribution >= 0.6 is 15.9 Å². The maximum atomic E-state index is 12.2. The topological polar surface area (TPSA) is 49.8 Å². The smallest absolute Gasteiger partial charge is 0.156 e. The average molecular weight is 573 g/mol. The van der Waals surface area contributed by atoms with Crippen LogP contribution in [0.15, 0.2) is 75.8 Å². The van der Waals surface area contributed by atoms with Crippen molar-refractivity contribution in [3.05, 3.63) is 86.9 Å². The summed E-state index contributed by atoms with van der Waals surface area (Å²) in [5, 5.41) is 12.2. The van der Waals surface area contributed by atoms with Gasteiger partial charge < -0.3 is 14.7 Å². The van der Waals surface area contributed by atoms with Crippen molar-refractivity contribution in [1.29, 1.82) is 0 Å². The zero-order chi connectivity index (χ0) is 26.7. The van der Waals surface area contributed by atoms with E-state index in [1.54, 1.807) is 6.08 Å². The van der Waals surface area contributed by atoms with Gasteiger partial charge in [-0.25, -0.2) is 0 Å². The summed E-state index contributed by atoms with van der Waals surface area (Å²) in [7, 11) is 4.10. The number of rotatable bonds is 2. The van der Waals surface area contributed by atoms with E-state index in [4.69, 9.17) is 4.74 Å². The number of halogens is 1. The Morgan fingerprint density at radius 1 is 1.08 bits per heavy atom. The van der Waals surface area contributed by atoms with Gasteiger partial charge in [0, 0.05) is 47.6 Å². The maximum absolute atomic E-state index is 12.2. The molecule has 2 unspecified atom stereocenters. The van der Waals surface area contributed by atoms with Crippen molar-refractivity contribution in [3.63, 3.8) is 0 Å². The van der Waals surface area contributed by atoms with Crippen LogP contribution in [0.5, 0.6) is 0 Å². The van der Waals surface area contributed by atoms with Gasteiger partial charge in [0.25, 0.3) is 0 Å². The van der Waals surface area contributed by atoms with Crippen molar-refractivity contribution in [1.82, 2.24) is 0 Å². The zero-order valence-corrected chi connectivity index (χ0v) is 23.8. The van der Waals surface area contributed by atoms with Gasteiger partial charge >= 0.3 is 0 Å². The largest absolute Gasteiger partial charge is 0.378 e. The molecule has 0 spiro atoms. The highest BCUT2D eigenvalue weighted by Crippen LogP contribution is 2.64. The molecule has 0 bridgehead atoms. The van der Waals surface area contributed by atoms with E-state index < -0.39 is 11.0 Å². The molecule has 0 saturated heterocycles. The van der Waals surface area contributed by atoms with Crippen LogP contribution in [0.25, 0.3) is 0 Å². The van der Waals surface area contributed by atoms with Gasteiger partial charge in [-0.2, -0.15) is 0 Å². The lowest BCUT2D eigenvalue weighted by Crippen LogP contribution is -2.53. The minimum absolute atomic E-state index is 0.0730. The molecule has 0 radical (unpaired) electrons. The molecule has 1 N–H and O–H groups in total. The molecule has 3 aliphatic carbocycles. The first kappa shape index (κ1) is 25.6. The van der Waals surface area contributed by atoms with E-state index in [2.05, 4.69) is 78.0 Å².